The third kappa shape index (κ3) is 4.32. The summed E-state index contributed by atoms with van der Waals surface area (Å²) >= 11 is 0. The average Bonchev–Trinajstić information content (AvgIpc) is 3.50. The first-order valence-corrected chi connectivity index (χ1v) is 12.9. The van der Waals surface area contributed by atoms with E-state index in [1.165, 1.54) is 12.0 Å². The van der Waals surface area contributed by atoms with Gasteiger partial charge in [0.15, 0.2) is 0 Å². The van der Waals surface area contributed by atoms with Crippen LogP contribution in [0.5, 0.6) is 5.75 Å². The molecule has 1 N–H and O–H groups in total. The normalized spacial score (nSPS) is 30.2. The van der Waals surface area contributed by atoms with Crippen molar-refractivity contribution < 1.29 is 19.0 Å². The van der Waals surface area contributed by atoms with Crippen LogP contribution in [-0.4, -0.2) is 76.8 Å². The van der Waals surface area contributed by atoms with Crippen molar-refractivity contribution in [2.45, 2.75) is 75.2 Å². The van der Waals surface area contributed by atoms with Crippen molar-refractivity contribution in [3.63, 3.8) is 0 Å². The van der Waals surface area contributed by atoms with E-state index < -0.39 is 0 Å². The number of hydrogen-bond donors (Lipinski definition) is 1. The van der Waals surface area contributed by atoms with Crippen LogP contribution in [0.1, 0.15) is 56.9 Å². The lowest BCUT2D eigenvalue weighted by molar-refractivity contribution is -0.0216. The molecule has 184 valence electrons. The second-order valence-corrected chi connectivity index (χ2v) is 10.9. The summed E-state index contributed by atoms with van der Waals surface area (Å²) in [6.45, 7) is 6.57. The van der Waals surface area contributed by atoms with Gasteiger partial charge in [0.05, 0.1) is 25.8 Å². The highest BCUT2D eigenvalue weighted by atomic mass is 16.5. The molecule has 1 aromatic carbocycles. The van der Waals surface area contributed by atoms with Crippen LogP contribution in [0.25, 0.3) is 0 Å². The van der Waals surface area contributed by atoms with Gasteiger partial charge in [-0.25, -0.2) is 0 Å². The van der Waals surface area contributed by atoms with E-state index in [-0.39, 0.29) is 17.8 Å². The maximum atomic E-state index is 9.77. The Morgan fingerprint density at radius 1 is 1.18 bits per heavy atom. The smallest absolute Gasteiger partial charge is 0.318 e. The number of aliphatic hydroxyl groups excluding tert-OH is 1. The molecule has 8 heteroatoms. The molecule has 4 fully saturated rings. The summed E-state index contributed by atoms with van der Waals surface area (Å²) in [5, 5.41) is 17.6. The molecule has 4 atom stereocenters. The van der Waals surface area contributed by atoms with Crippen molar-refractivity contribution in [1.82, 2.24) is 15.1 Å². The summed E-state index contributed by atoms with van der Waals surface area (Å²) in [4.78, 5) is 4.74. The molecule has 1 aromatic heterocycles. The van der Waals surface area contributed by atoms with Crippen LogP contribution < -0.4 is 9.64 Å². The molecule has 1 spiro atoms. The maximum absolute atomic E-state index is 9.77. The van der Waals surface area contributed by atoms with Gasteiger partial charge in [0.25, 0.3) is 0 Å². The number of piperidine rings is 1. The minimum Gasteiger partial charge on any atom is -0.490 e. The van der Waals surface area contributed by atoms with Crippen LogP contribution >= 0.6 is 0 Å². The van der Waals surface area contributed by atoms with Crippen LogP contribution in [0.2, 0.25) is 0 Å². The van der Waals surface area contributed by atoms with Gasteiger partial charge in [-0.2, -0.15) is 0 Å². The molecule has 0 bridgehead atoms. The summed E-state index contributed by atoms with van der Waals surface area (Å²) in [5.41, 5.74) is 1.31. The highest BCUT2D eigenvalue weighted by molar-refractivity contribution is 5.37. The molecule has 0 amide bonds. The zero-order valence-corrected chi connectivity index (χ0v) is 20.0. The van der Waals surface area contributed by atoms with Gasteiger partial charge in [0.1, 0.15) is 17.5 Å². The summed E-state index contributed by atoms with van der Waals surface area (Å²) in [6.07, 6.45) is 7.85. The molecule has 8 nitrogen and oxygen atoms in total. The number of ether oxygens (including phenoxy) is 2. The highest BCUT2D eigenvalue weighted by Crippen LogP contribution is 2.42. The molecular formula is C26H36N4O4. The Balaban J connectivity index is 1.02. The molecular weight excluding hydrogens is 432 g/mol. The van der Waals surface area contributed by atoms with Gasteiger partial charge in [0.2, 0.25) is 6.39 Å². The lowest BCUT2D eigenvalue weighted by Crippen LogP contribution is -2.62. The van der Waals surface area contributed by atoms with Crippen molar-refractivity contribution in [3.05, 3.63) is 36.2 Å². The van der Waals surface area contributed by atoms with Gasteiger partial charge in [-0.1, -0.05) is 23.3 Å². The van der Waals surface area contributed by atoms with E-state index in [4.69, 9.17) is 13.9 Å². The first-order valence-electron chi connectivity index (χ1n) is 12.9. The van der Waals surface area contributed by atoms with Crippen molar-refractivity contribution in [3.8, 4) is 5.75 Å². The van der Waals surface area contributed by atoms with Gasteiger partial charge in [-0.3, -0.25) is 4.90 Å². The van der Waals surface area contributed by atoms with Gasteiger partial charge in [-0.05, 0) is 82.0 Å². The molecule has 4 aliphatic rings. The predicted molar refractivity (Wildman–Crippen MR) is 127 cm³/mol. The number of nitrogens with zero attached hydrogens (tertiary/aromatic N) is 4. The Hall–Kier alpha value is -2.16. The summed E-state index contributed by atoms with van der Waals surface area (Å²) in [7, 11) is 0. The summed E-state index contributed by atoms with van der Waals surface area (Å²) < 4.78 is 18.1. The van der Waals surface area contributed by atoms with E-state index in [9.17, 15) is 5.11 Å². The van der Waals surface area contributed by atoms with E-state index in [1.807, 2.05) is 6.92 Å². The maximum Gasteiger partial charge on any atom is 0.318 e. The molecule has 6 rings (SSSR count). The van der Waals surface area contributed by atoms with Crippen LogP contribution in [0.15, 0.2) is 35.1 Å². The Morgan fingerprint density at radius 3 is 2.71 bits per heavy atom. The monoisotopic (exact) mass is 468 g/mol. The third-order valence-corrected chi connectivity index (χ3v) is 8.44. The Kier molecular flexibility index (Phi) is 5.99. The SMILES string of the molecule is CC(O)C[C@@H]1CCC1Oc1ccccc1C1CCN([C@@H]2COC3(C2)CN(c2nnco2)C3)CC1. The predicted octanol–water partition coefficient (Wildman–Crippen LogP) is 3.23. The minimum atomic E-state index is -0.253. The fourth-order valence-corrected chi connectivity index (χ4v) is 6.43. The van der Waals surface area contributed by atoms with E-state index >= 15 is 0 Å². The third-order valence-electron chi connectivity index (χ3n) is 8.44. The van der Waals surface area contributed by atoms with Crippen molar-refractivity contribution in [1.29, 1.82) is 0 Å². The van der Waals surface area contributed by atoms with Gasteiger partial charge in [0, 0.05) is 6.04 Å². The fourth-order valence-electron chi connectivity index (χ4n) is 6.43. The Morgan fingerprint density at radius 2 is 2.00 bits per heavy atom. The van der Waals surface area contributed by atoms with Gasteiger partial charge in [-0.15, -0.1) is 5.10 Å². The second kappa shape index (κ2) is 9.13. The summed E-state index contributed by atoms with van der Waals surface area (Å²) in [5.74, 6) is 2.07. The number of benzene rings is 1. The molecule has 1 aliphatic carbocycles. The summed E-state index contributed by atoms with van der Waals surface area (Å²) in [6, 6.07) is 9.71. The average molecular weight is 469 g/mol. The number of aliphatic hydroxyl groups is 1. The first-order chi connectivity index (χ1) is 16.6. The number of anilines is 1. The van der Waals surface area contributed by atoms with E-state index in [1.54, 1.807) is 0 Å². The molecule has 2 unspecified atom stereocenters. The Bertz CT molecular complexity index is 953. The van der Waals surface area contributed by atoms with E-state index in [0.717, 1.165) is 77.1 Å². The minimum absolute atomic E-state index is 0.0538. The van der Waals surface area contributed by atoms with E-state index in [0.29, 0.717) is 23.9 Å². The lowest BCUT2D eigenvalue weighted by Gasteiger charge is -2.46. The lowest BCUT2D eigenvalue weighted by atomic mass is 9.78. The molecule has 0 radical (unpaired) electrons. The van der Waals surface area contributed by atoms with E-state index in [2.05, 4.69) is 44.3 Å². The quantitative estimate of drug-likeness (QED) is 0.663. The van der Waals surface area contributed by atoms with Crippen LogP contribution in [0.3, 0.4) is 0 Å². The van der Waals surface area contributed by atoms with Gasteiger partial charge < -0.3 is 23.9 Å². The number of aromatic nitrogens is 2. The zero-order valence-electron chi connectivity index (χ0n) is 20.0. The fraction of sp³-hybridized carbons (Fsp3) is 0.692. The molecule has 3 aliphatic heterocycles. The molecule has 3 saturated heterocycles. The number of likely N-dealkylation sites (tertiary alicyclic amines) is 1. The highest BCUT2D eigenvalue weighted by Gasteiger charge is 2.52. The van der Waals surface area contributed by atoms with Crippen molar-refractivity contribution in [2.24, 2.45) is 5.92 Å². The van der Waals surface area contributed by atoms with Crippen LogP contribution in [-0.2, 0) is 4.74 Å². The Labute approximate surface area is 201 Å². The van der Waals surface area contributed by atoms with Crippen LogP contribution in [0.4, 0.5) is 6.01 Å². The molecule has 1 saturated carbocycles. The number of rotatable bonds is 7. The number of para-hydroxylation sites is 1. The van der Waals surface area contributed by atoms with Crippen molar-refractivity contribution >= 4 is 6.01 Å². The van der Waals surface area contributed by atoms with Crippen molar-refractivity contribution in [2.75, 3.05) is 37.7 Å². The van der Waals surface area contributed by atoms with Crippen LogP contribution in [0, 0.1) is 5.92 Å². The molecule has 34 heavy (non-hydrogen) atoms. The standard InChI is InChI=1S/C26H36N4O4/c1-18(31)12-20-6-7-23(20)34-24-5-3-2-4-22(24)19-8-10-29(11-9-19)21-13-26(33-14-21)15-30(16-26)25-28-27-17-32-25/h2-5,17-21,23,31H,6-16H2,1H3/t18?,20-,21-,23?/m0/s1. The molecule has 4 heterocycles. The second-order valence-electron chi connectivity index (χ2n) is 10.9. The first kappa shape index (κ1) is 22.3. The zero-order chi connectivity index (χ0) is 23.1. The number of hydrogen-bond acceptors (Lipinski definition) is 8. The topological polar surface area (TPSA) is 84.1 Å². The molecule has 2 aromatic rings. The largest absolute Gasteiger partial charge is 0.490 e. The van der Waals surface area contributed by atoms with Gasteiger partial charge >= 0.3 is 6.01 Å².